The molecule has 0 nitrogen and oxygen atoms in total. The maximum absolute atomic E-state index is 3.48. The van der Waals surface area contributed by atoms with E-state index >= 15 is 0 Å². The largest absolute Gasteiger partial charge is 0.156 e. The van der Waals surface area contributed by atoms with Crippen LogP contribution in [0.1, 0.15) is 25.1 Å². The lowest BCUT2D eigenvalue weighted by atomic mass is 10.2. The predicted octanol–water partition coefficient (Wildman–Crippen LogP) is 4.79. The second-order valence-corrected chi connectivity index (χ2v) is 6.81. The summed E-state index contributed by atoms with van der Waals surface area (Å²) in [7, 11) is 0. The molecule has 0 amide bonds. The maximum Gasteiger partial charge on any atom is 0.0701 e. The number of hydrogen-bond acceptors (Lipinski definition) is 2. The molecular weight excluding hydrogens is 264 g/mol. The Morgan fingerprint density at radius 3 is 2.85 bits per heavy atom. The molecule has 0 radical (unpaired) electrons. The fraction of sp³-hybridized carbons (Fsp3) is 0.600. The predicted molar refractivity (Wildman–Crippen MR) is 67.6 cm³/mol. The van der Waals surface area contributed by atoms with Crippen LogP contribution in [0.4, 0.5) is 0 Å². The van der Waals surface area contributed by atoms with Crippen LogP contribution in [0.15, 0.2) is 15.9 Å². The van der Waals surface area contributed by atoms with Gasteiger partial charge in [-0.3, -0.25) is 0 Å². The summed E-state index contributed by atoms with van der Waals surface area (Å²) in [6.45, 7) is 4.57. The molecule has 3 heteroatoms. The Hall–Kier alpha value is 0.530. The third kappa shape index (κ3) is 4.52. The van der Waals surface area contributed by atoms with Gasteiger partial charge in [0.25, 0.3) is 0 Å². The Balaban J connectivity index is 2.20. The van der Waals surface area contributed by atoms with E-state index < -0.39 is 0 Å². The van der Waals surface area contributed by atoms with Crippen molar-refractivity contribution < 1.29 is 0 Å². The van der Waals surface area contributed by atoms with Crippen LogP contribution in [-0.2, 0) is 5.75 Å². The highest BCUT2D eigenvalue weighted by molar-refractivity contribution is 9.11. The lowest BCUT2D eigenvalue weighted by Gasteiger charge is -2.06. The molecule has 1 rings (SSSR count). The summed E-state index contributed by atoms with van der Waals surface area (Å²) < 4.78 is 1.24. The Labute approximate surface area is 97.3 Å². The SMILES string of the molecule is CCC(C)CSCc1ccc(Br)s1. The summed E-state index contributed by atoms with van der Waals surface area (Å²) in [6.07, 6.45) is 1.29. The molecule has 0 aliphatic heterocycles. The Kier molecular flexibility index (Phi) is 5.44. The van der Waals surface area contributed by atoms with Crippen molar-refractivity contribution in [2.24, 2.45) is 5.92 Å². The zero-order chi connectivity index (χ0) is 9.68. The lowest BCUT2D eigenvalue weighted by Crippen LogP contribution is -1.95. The van der Waals surface area contributed by atoms with Crippen molar-refractivity contribution in [1.82, 2.24) is 0 Å². The van der Waals surface area contributed by atoms with Gasteiger partial charge in [-0.15, -0.1) is 11.3 Å². The summed E-state index contributed by atoms with van der Waals surface area (Å²) in [4.78, 5) is 1.47. The Morgan fingerprint density at radius 2 is 2.31 bits per heavy atom. The summed E-state index contributed by atoms with van der Waals surface area (Å²) in [5.74, 6) is 3.31. The standard InChI is InChI=1S/C10H15BrS2/c1-3-8(2)6-12-7-9-4-5-10(11)13-9/h4-5,8H,3,6-7H2,1-2H3. The van der Waals surface area contributed by atoms with E-state index in [0.29, 0.717) is 0 Å². The van der Waals surface area contributed by atoms with E-state index in [1.165, 1.54) is 26.6 Å². The molecule has 1 unspecified atom stereocenters. The molecule has 13 heavy (non-hydrogen) atoms. The highest BCUT2D eigenvalue weighted by Crippen LogP contribution is 2.26. The number of thioether (sulfide) groups is 1. The summed E-state index contributed by atoms with van der Waals surface area (Å²) in [6, 6.07) is 4.34. The van der Waals surface area contributed by atoms with Crippen LogP contribution in [0, 0.1) is 5.92 Å². The van der Waals surface area contributed by atoms with Crippen LogP contribution in [0.2, 0.25) is 0 Å². The second-order valence-electron chi connectivity index (χ2n) is 3.23. The second kappa shape index (κ2) is 6.10. The number of thiophene rings is 1. The van der Waals surface area contributed by atoms with Crippen LogP contribution in [0.5, 0.6) is 0 Å². The molecule has 74 valence electrons. The van der Waals surface area contributed by atoms with E-state index in [0.717, 1.165) is 5.92 Å². The van der Waals surface area contributed by atoms with Crippen molar-refractivity contribution in [3.63, 3.8) is 0 Å². The first-order chi connectivity index (χ1) is 6.22. The van der Waals surface area contributed by atoms with Crippen molar-refractivity contribution in [2.45, 2.75) is 26.0 Å². The fourth-order valence-electron chi connectivity index (χ4n) is 0.908. The van der Waals surface area contributed by atoms with Gasteiger partial charge in [-0.05, 0) is 39.7 Å². The molecule has 0 saturated carbocycles. The van der Waals surface area contributed by atoms with Gasteiger partial charge in [0.1, 0.15) is 0 Å². The van der Waals surface area contributed by atoms with E-state index in [2.05, 4.69) is 41.9 Å². The molecule has 1 aromatic heterocycles. The smallest absolute Gasteiger partial charge is 0.0701 e. The van der Waals surface area contributed by atoms with Gasteiger partial charge < -0.3 is 0 Å². The first-order valence-electron chi connectivity index (χ1n) is 4.54. The van der Waals surface area contributed by atoms with Crippen molar-refractivity contribution in [1.29, 1.82) is 0 Å². The van der Waals surface area contributed by atoms with E-state index in [9.17, 15) is 0 Å². The minimum atomic E-state index is 0.855. The van der Waals surface area contributed by atoms with Gasteiger partial charge in [-0.1, -0.05) is 20.3 Å². The van der Waals surface area contributed by atoms with Gasteiger partial charge in [0.05, 0.1) is 3.79 Å². The molecule has 1 aromatic rings. The van der Waals surface area contributed by atoms with Crippen molar-refractivity contribution in [3.05, 3.63) is 20.8 Å². The van der Waals surface area contributed by atoms with Gasteiger partial charge in [0.15, 0.2) is 0 Å². The first kappa shape index (κ1) is 11.6. The highest BCUT2D eigenvalue weighted by atomic mass is 79.9. The molecule has 0 saturated heterocycles. The summed E-state index contributed by atoms with van der Waals surface area (Å²) in [5, 5.41) is 0. The number of hydrogen-bond donors (Lipinski definition) is 0. The van der Waals surface area contributed by atoms with Crippen LogP contribution in [-0.4, -0.2) is 5.75 Å². The van der Waals surface area contributed by atoms with Crippen LogP contribution >= 0.6 is 39.0 Å². The van der Waals surface area contributed by atoms with Crippen molar-refractivity contribution >= 4 is 39.0 Å². The average molecular weight is 279 g/mol. The monoisotopic (exact) mass is 278 g/mol. The van der Waals surface area contributed by atoms with Crippen LogP contribution < -0.4 is 0 Å². The van der Waals surface area contributed by atoms with Crippen LogP contribution in [0.3, 0.4) is 0 Å². The van der Waals surface area contributed by atoms with Gasteiger partial charge >= 0.3 is 0 Å². The molecular formula is C10H15BrS2. The van der Waals surface area contributed by atoms with E-state index in [-0.39, 0.29) is 0 Å². The molecule has 0 aromatic carbocycles. The van der Waals surface area contributed by atoms with Crippen molar-refractivity contribution in [3.8, 4) is 0 Å². The van der Waals surface area contributed by atoms with Crippen molar-refractivity contribution in [2.75, 3.05) is 5.75 Å². The highest BCUT2D eigenvalue weighted by Gasteiger charge is 2.01. The normalized spacial score (nSPS) is 13.2. The van der Waals surface area contributed by atoms with E-state index in [4.69, 9.17) is 0 Å². The third-order valence-electron chi connectivity index (χ3n) is 1.97. The zero-order valence-electron chi connectivity index (χ0n) is 8.05. The minimum Gasteiger partial charge on any atom is -0.156 e. The lowest BCUT2D eigenvalue weighted by molar-refractivity contribution is 0.637. The molecule has 0 N–H and O–H groups in total. The molecule has 1 heterocycles. The average Bonchev–Trinajstić information content (AvgIpc) is 2.51. The number of halogens is 1. The van der Waals surface area contributed by atoms with Gasteiger partial charge in [0.2, 0.25) is 0 Å². The molecule has 0 bridgehead atoms. The quantitative estimate of drug-likeness (QED) is 0.746. The maximum atomic E-state index is 3.48. The summed E-state index contributed by atoms with van der Waals surface area (Å²) in [5.41, 5.74) is 0. The van der Waals surface area contributed by atoms with E-state index in [1.807, 2.05) is 23.1 Å². The minimum absolute atomic E-state index is 0.855. The molecule has 0 aliphatic carbocycles. The molecule has 0 fully saturated rings. The van der Waals surface area contributed by atoms with Gasteiger partial charge in [-0.25, -0.2) is 0 Å². The summed E-state index contributed by atoms with van der Waals surface area (Å²) >= 11 is 7.36. The third-order valence-corrected chi connectivity index (χ3v) is 5.10. The van der Waals surface area contributed by atoms with Gasteiger partial charge in [0, 0.05) is 10.6 Å². The van der Waals surface area contributed by atoms with E-state index in [1.54, 1.807) is 0 Å². The molecule has 0 aliphatic rings. The Morgan fingerprint density at radius 1 is 1.54 bits per heavy atom. The fourth-order valence-corrected chi connectivity index (χ4v) is 3.73. The first-order valence-corrected chi connectivity index (χ1v) is 7.30. The zero-order valence-corrected chi connectivity index (χ0v) is 11.3. The number of rotatable bonds is 5. The molecule has 1 atom stereocenters. The van der Waals surface area contributed by atoms with Crippen LogP contribution in [0.25, 0.3) is 0 Å². The van der Waals surface area contributed by atoms with Gasteiger partial charge in [-0.2, -0.15) is 11.8 Å². The Bertz CT molecular complexity index is 245. The molecule has 0 spiro atoms. The topological polar surface area (TPSA) is 0 Å².